The predicted molar refractivity (Wildman–Crippen MR) is 59.4 cm³/mol. The SMILES string of the molecule is C/C=C/C=C/C(O)C(F)(F)C(=O)C(C)(C)C. The van der Waals surface area contributed by atoms with Gasteiger partial charge in [-0.3, -0.25) is 4.79 Å². The molecule has 0 aliphatic carbocycles. The Morgan fingerprint density at radius 2 is 1.75 bits per heavy atom. The van der Waals surface area contributed by atoms with Crippen LogP contribution in [0.2, 0.25) is 0 Å². The van der Waals surface area contributed by atoms with Crippen molar-refractivity contribution < 1.29 is 18.7 Å². The molecule has 92 valence electrons. The lowest BCUT2D eigenvalue weighted by Crippen LogP contribution is -2.46. The summed E-state index contributed by atoms with van der Waals surface area (Å²) in [6.07, 6.45) is 3.24. The van der Waals surface area contributed by atoms with Gasteiger partial charge in [-0.2, -0.15) is 8.78 Å². The summed E-state index contributed by atoms with van der Waals surface area (Å²) in [5.41, 5.74) is -1.18. The zero-order valence-corrected chi connectivity index (χ0v) is 10.00. The van der Waals surface area contributed by atoms with Gasteiger partial charge >= 0.3 is 5.92 Å². The van der Waals surface area contributed by atoms with Crippen LogP contribution in [-0.4, -0.2) is 22.9 Å². The third-order valence-corrected chi connectivity index (χ3v) is 1.95. The second-order valence-electron chi connectivity index (χ2n) is 4.56. The molecule has 0 aromatic carbocycles. The van der Waals surface area contributed by atoms with Crippen LogP contribution in [0.3, 0.4) is 0 Å². The van der Waals surface area contributed by atoms with Crippen LogP contribution in [-0.2, 0) is 4.79 Å². The molecule has 2 nitrogen and oxygen atoms in total. The van der Waals surface area contributed by atoms with E-state index in [2.05, 4.69) is 0 Å². The average Bonchev–Trinajstić information content (AvgIpc) is 2.15. The molecule has 0 aromatic heterocycles. The summed E-state index contributed by atoms with van der Waals surface area (Å²) in [5, 5.41) is 9.25. The number of halogens is 2. The molecular weight excluding hydrogens is 214 g/mol. The minimum atomic E-state index is -3.75. The number of ketones is 1. The molecule has 0 aliphatic rings. The number of hydrogen-bond acceptors (Lipinski definition) is 2. The Morgan fingerprint density at radius 3 is 2.12 bits per heavy atom. The van der Waals surface area contributed by atoms with E-state index in [1.807, 2.05) is 0 Å². The van der Waals surface area contributed by atoms with Crippen LogP contribution in [0.1, 0.15) is 27.7 Å². The van der Waals surface area contributed by atoms with Crippen molar-refractivity contribution in [3.63, 3.8) is 0 Å². The molecule has 1 unspecified atom stereocenters. The van der Waals surface area contributed by atoms with Crippen molar-refractivity contribution in [3.8, 4) is 0 Å². The van der Waals surface area contributed by atoms with Gasteiger partial charge < -0.3 is 5.11 Å². The lowest BCUT2D eigenvalue weighted by atomic mass is 9.85. The molecule has 4 heteroatoms. The van der Waals surface area contributed by atoms with E-state index < -0.39 is 23.2 Å². The maximum absolute atomic E-state index is 13.5. The quantitative estimate of drug-likeness (QED) is 0.757. The highest BCUT2D eigenvalue weighted by Crippen LogP contribution is 2.30. The van der Waals surface area contributed by atoms with Gasteiger partial charge in [0.2, 0.25) is 5.78 Å². The van der Waals surface area contributed by atoms with Crippen LogP contribution in [0.4, 0.5) is 8.78 Å². The Bertz CT molecular complexity index is 299. The lowest BCUT2D eigenvalue weighted by molar-refractivity contribution is -0.163. The highest BCUT2D eigenvalue weighted by molar-refractivity contribution is 5.91. The maximum Gasteiger partial charge on any atom is 0.334 e. The molecule has 0 fully saturated rings. The lowest BCUT2D eigenvalue weighted by Gasteiger charge is -2.26. The molecule has 0 rings (SSSR count). The molecule has 0 radical (unpaired) electrons. The van der Waals surface area contributed by atoms with Crippen molar-refractivity contribution in [3.05, 3.63) is 24.3 Å². The Labute approximate surface area is 94.7 Å². The van der Waals surface area contributed by atoms with Crippen LogP contribution in [0.15, 0.2) is 24.3 Å². The average molecular weight is 232 g/mol. The summed E-state index contributed by atoms with van der Waals surface area (Å²) < 4.78 is 26.9. The second kappa shape index (κ2) is 5.34. The summed E-state index contributed by atoms with van der Waals surface area (Å²) >= 11 is 0. The third-order valence-electron chi connectivity index (χ3n) is 1.95. The fourth-order valence-electron chi connectivity index (χ4n) is 1.04. The van der Waals surface area contributed by atoms with Crippen LogP contribution < -0.4 is 0 Å². The Kier molecular flexibility index (Phi) is 5.00. The molecule has 1 N–H and O–H groups in total. The molecule has 0 amide bonds. The monoisotopic (exact) mass is 232 g/mol. The molecule has 0 aliphatic heterocycles. The first-order valence-electron chi connectivity index (χ1n) is 5.04. The summed E-state index contributed by atoms with van der Waals surface area (Å²) in [6, 6.07) is 0. The maximum atomic E-state index is 13.5. The summed E-state index contributed by atoms with van der Waals surface area (Å²) in [4.78, 5) is 11.4. The summed E-state index contributed by atoms with van der Waals surface area (Å²) in [6.45, 7) is 5.90. The Balaban J connectivity index is 4.85. The zero-order valence-electron chi connectivity index (χ0n) is 10.00. The number of aliphatic hydroxyl groups excluding tert-OH is 1. The molecular formula is C12H18F2O2. The number of carbonyl (C=O) groups excluding carboxylic acids is 1. The van der Waals surface area contributed by atoms with Gasteiger partial charge in [-0.15, -0.1) is 0 Å². The van der Waals surface area contributed by atoms with Crippen LogP contribution >= 0.6 is 0 Å². The van der Waals surface area contributed by atoms with Gasteiger partial charge in [0, 0.05) is 5.41 Å². The number of hydrogen-bond donors (Lipinski definition) is 1. The van der Waals surface area contributed by atoms with Crippen LogP contribution in [0.25, 0.3) is 0 Å². The van der Waals surface area contributed by atoms with Crippen molar-refractivity contribution in [1.29, 1.82) is 0 Å². The van der Waals surface area contributed by atoms with E-state index in [-0.39, 0.29) is 0 Å². The van der Waals surface area contributed by atoms with Crippen LogP contribution in [0, 0.1) is 5.41 Å². The van der Waals surface area contributed by atoms with E-state index in [4.69, 9.17) is 0 Å². The van der Waals surface area contributed by atoms with Crippen molar-refractivity contribution in [2.75, 3.05) is 0 Å². The van der Waals surface area contributed by atoms with Gasteiger partial charge in [-0.05, 0) is 13.0 Å². The van der Waals surface area contributed by atoms with E-state index in [0.29, 0.717) is 0 Å². The molecule has 0 saturated heterocycles. The number of aliphatic hydroxyl groups is 1. The van der Waals surface area contributed by atoms with Crippen LogP contribution in [0.5, 0.6) is 0 Å². The molecule has 0 saturated carbocycles. The van der Waals surface area contributed by atoms with Crippen molar-refractivity contribution in [1.82, 2.24) is 0 Å². The van der Waals surface area contributed by atoms with E-state index >= 15 is 0 Å². The second-order valence-corrected chi connectivity index (χ2v) is 4.56. The normalized spacial score (nSPS) is 15.9. The highest BCUT2D eigenvalue weighted by Gasteiger charge is 2.49. The first kappa shape index (κ1) is 15.0. The summed E-state index contributed by atoms with van der Waals surface area (Å²) in [7, 11) is 0. The third kappa shape index (κ3) is 3.85. The minimum Gasteiger partial charge on any atom is -0.382 e. The minimum absolute atomic E-state index is 0.906. The Morgan fingerprint density at radius 1 is 1.25 bits per heavy atom. The Hall–Kier alpha value is -1.03. The highest BCUT2D eigenvalue weighted by atomic mass is 19.3. The number of carbonyl (C=O) groups is 1. The first-order chi connectivity index (χ1) is 7.14. The van der Waals surface area contributed by atoms with Crippen molar-refractivity contribution in [2.24, 2.45) is 5.41 Å². The fourth-order valence-corrected chi connectivity index (χ4v) is 1.04. The van der Waals surface area contributed by atoms with Gasteiger partial charge in [0.15, 0.2) is 0 Å². The topological polar surface area (TPSA) is 37.3 Å². The van der Waals surface area contributed by atoms with E-state index in [1.165, 1.54) is 32.9 Å². The van der Waals surface area contributed by atoms with Gasteiger partial charge in [-0.1, -0.05) is 39.0 Å². The smallest absolute Gasteiger partial charge is 0.334 e. The zero-order chi connectivity index (χ0) is 13.0. The van der Waals surface area contributed by atoms with Gasteiger partial charge in [0.05, 0.1) is 0 Å². The molecule has 0 spiro atoms. The molecule has 0 heterocycles. The van der Waals surface area contributed by atoms with E-state index in [1.54, 1.807) is 13.0 Å². The van der Waals surface area contributed by atoms with Crippen molar-refractivity contribution in [2.45, 2.75) is 39.7 Å². The predicted octanol–water partition coefficient (Wildman–Crippen LogP) is 2.73. The van der Waals surface area contributed by atoms with Gasteiger partial charge in [0.25, 0.3) is 0 Å². The number of rotatable bonds is 4. The number of allylic oxidation sites excluding steroid dienone is 3. The van der Waals surface area contributed by atoms with Gasteiger partial charge in [0.1, 0.15) is 6.10 Å². The van der Waals surface area contributed by atoms with Crippen molar-refractivity contribution >= 4 is 5.78 Å². The van der Waals surface area contributed by atoms with E-state index in [0.717, 1.165) is 6.08 Å². The number of Topliss-reactive ketones (excluding diaryl/α,β-unsaturated/α-hetero) is 1. The molecule has 1 atom stereocenters. The standard InChI is InChI=1S/C12H18F2O2/c1-5-6-7-8-9(15)12(13,14)10(16)11(2,3)4/h5-9,15H,1-4H3/b6-5+,8-7+. The fraction of sp³-hybridized carbons (Fsp3) is 0.583. The first-order valence-corrected chi connectivity index (χ1v) is 5.04. The molecule has 0 aromatic rings. The summed E-state index contributed by atoms with van der Waals surface area (Å²) in [5.74, 6) is -5.02. The molecule has 16 heavy (non-hydrogen) atoms. The molecule has 0 bridgehead atoms. The van der Waals surface area contributed by atoms with E-state index in [9.17, 15) is 18.7 Å². The largest absolute Gasteiger partial charge is 0.382 e. The van der Waals surface area contributed by atoms with Gasteiger partial charge in [-0.25, -0.2) is 0 Å². The number of alkyl halides is 2.